The number of carbonyl (C=O) groups excluding carboxylic acids is 3. The number of hydrogen-bond acceptors (Lipinski definition) is 7. The molecule has 0 fully saturated rings. The SMILES string of the molecule is CSCCC(NC(=O)CNC(=O)C(N)CCCN=C(N)N)C(=O)NC(C(=O)O)C(C)C. The maximum Gasteiger partial charge on any atom is 0.326 e. The predicted octanol–water partition coefficient (Wildman–Crippen LogP) is -2.05. The molecule has 0 saturated carbocycles. The Bertz CT molecular complexity index is 641. The number of aliphatic imine (C=N–C) groups is 1. The number of rotatable bonds is 15. The van der Waals surface area contributed by atoms with Crippen LogP contribution in [-0.4, -0.2) is 78.0 Å². The van der Waals surface area contributed by atoms with Crippen molar-refractivity contribution in [2.24, 2.45) is 28.1 Å². The third-order valence-corrected chi connectivity index (χ3v) is 4.86. The molecule has 0 heterocycles. The van der Waals surface area contributed by atoms with Gasteiger partial charge >= 0.3 is 5.97 Å². The Labute approximate surface area is 186 Å². The highest BCUT2D eigenvalue weighted by Gasteiger charge is 2.28. The van der Waals surface area contributed by atoms with Gasteiger partial charge in [0, 0.05) is 6.54 Å². The molecule has 0 radical (unpaired) electrons. The second-order valence-corrected chi connectivity index (χ2v) is 8.23. The van der Waals surface area contributed by atoms with Crippen molar-refractivity contribution < 1.29 is 24.3 Å². The summed E-state index contributed by atoms with van der Waals surface area (Å²) in [6.07, 6.45) is 2.98. The lowest BCUT2D eigenvalue weighted by Gasteiger charge is -2.23. The first-order valence-corrected chi connectivity index (χ1v) is 11.3. The number of thioether (sulfide) groups is 1. The van der Waals surface area contributed by atoms with Crippen LogP contribution in [0.1, 0.15) is 33.1 Å². The van der Waals surface area contributed by atoms with Gasteiger partial charge in [0.1, 0.15) is 12.1 Å². The number of hydrogen-bond donors (Lipinski definition) is 7. The highest BCUT2D eigenvalue weighted by molar-refractivity contribution is 7.98. The highest BCUT2D eigenvalue weighted by atomic mass is 32.2. The van der Waals surface area contributed by atoms with Crippen LogP contribution in [0.2, 0.25) is 0 Å². The second kappa shape index (κ2) is 15.3. The second-order valence-electron chi connectivity index (χ2n) is 7.24. The molecule has 178 valence electrons. The number of carboxylic acids is 1. The van der Waals surface area contributed by atoms with Gasteiger partial charge in [-0.2, -0.15) is 11.8 Å². The van der Waals surface area contributed by atoms with Gasteiger partial charge in [-0.3, -0.25) is 19.4 Å². The van der Waals surface area contributed by atoms with Crippen LogP contribution >= 0.6 is 11.8 Å². The number of amides is 3. The monoisotopic (exact) mass is 461 g/mol. The highest BCUT2D eigenvalue weighted by Crippen LogP contribution is 2.05. The van der Waals surface area contributed by atoms with E-state index in [0.717, 1.165) is 0 Å². The first-order chi connectivity index (χ1) is 14.5. The van der Waals surface area contributed by atoms with E-state index < -0.39 is 41.8 Å². The summed E-state index contributed by atoms with van der Waals surface area (Å²) < 4.78 is 0. The third-order valence-electron chi connectivity index (χ3n) is 4.22. The van der Waals surface area contributed by atoms with Crippen LogP contribution < -0.4 is 33.2 Å². The van der Waals surface area contributed by atoms with Gasteiger partial charge in [0.05, 0.1) is 12.6 Å². The van der Waals surface area contributed by atoms with Gasteiger partial charge in [0.15, 0.2) is 5.96 Å². The maximum atomic E-state index is 12.5. The summed E-state index contributed by atoms with van der Waals surface area (Å²) in [4.78, 5) is 51.9. The Kier molecular flexibility index (Phi) is 14.0. The molecule has 3 amide bonds. The quantitative estimate of drug-likeness (QED) is 0.0810. The molecular formula is C18H35N7O5S. The summed E-state index contributed by atoms with van der Waals surface area (Å²) in [5, 5.41) is 16.7. The van der Waals surface area contributed by atoms with E-state index in [1.165, 1.54) is 11.8 Å². The molecular weight excluding hydrogens is 426 g/mol. The summed E-state index contributed by atoms with van der Waals surface area (Å²) in [5.41, 5.74) is 16.2. The number of guanidine groups is 1. The number of nitrogens with one attached hydrogen (secondary N) is 3. The lowest BCUT2D eigenvalue weighted by atomic mass is 10.0. The van der Waals surface area contributed by atoms with Crippen molar-refractivity contribution in [1.82, 2.24) is 16.0 Å². The van der Waals surface area contributed by atoms with Crippen molar-refractivity contribution in [3.8, 4) is 0 Å². The minimum absolute atomic E-state index is 0.0437. The van der Waals surface area contributed by atoms with E-state index in [1.807, 2.05) is 6.26 Å². The molecule has 0 saturated heterocycles. The van der Waals surface area contributed by atoms with E-state index in [1.54, 1.807) is 13.8 Å². The number of nitrogens with two attached hydrogens (primary N) is 3. The van der Waals surface area contributed by atoms with Crippen molar-refractivity contribution in [3.63, 3.8) is 0 Å². The molecule has 12 nitrogen and oxygen atoms in total. The molecule has 0 aromatic rings. The fraction of sp³-hybridized carbons (Fsp3) is 0.722. The van der Waals surface area contributed by atoms with Gasteiger partial charge in [-0.1, -0.05) is 13.8 Å². The van der Waals surface area contributed by atoms with Gasteiger partial charge in [-0.25, -0.2) is 4.79 Å². The van der Waals surface area contributed by atoms with Crippen LogP contribution in [-0.2, 0) is 19.2 Å². The summed E-state index contributed by atoms with van der Waals surface area (Å²) >= 11 is 1.48. The molecule has 0 bridgehead atoms. The number of carbonyl (C=O) groups is 4. The van der Waals surface area contributed by atoms with Crippen molar-refractivity contribution >= 4 is 41.4 Å². The largest absolute Gasteiger partial charge is 0.480 e. The van der Waals surface area contributed by atoms with E-state index >= 15 is 0 Å². The predicted molar refractivity (Wildman–Crippen MR) is 120 cm³/mol. The van der Waals surface area contributed by atoms with Crippen LogP contribution in [0.15, 0.2) is 4.99 Å². The summed E-state index contributed by atoms with van der Waals surface area (Å²) in [6.45, 7) is 3.31. The van der Waals surface area contributed by atoms with Crippen LogP contribution in [0.5, 0.6) is 0 Å². The van der Waals surface area contributed by atoms with Gasteiger partial charge in [0.2, 0.25) is 17.7 Å². The normalized spacial score (nSPS) is 13.6. The van der Waals surface area contributed by atoms with Gasteiger partial charge in [-0.05, 0) is 37.2 Å². The standard InChI is InChI=1S/C18H35N7O5S/c1-10(2)14(17(29)30)25-16(28)12(6-8-31-3)24-13(26)9-23-15(27)11(19)5-4-7-22-18(20)21/h10-12,14H,4-9,19H2,1-3H3,(H,23,27)(H,24,26)(H,25,28)(H,29,30)(H4,20,21,22). The molecule has 0 aliphatic heterocycles. The minimum Gasteiger partial charge on any atom is -0.480 e. The van der Waals surface area contributed by atoms with E-state index in [4.69, 9.17) is 17.2 Å². The van der Waals surface area contributed by atoms with Crippen molar-refractivity contribution in [3.05, 3.63) is 0 Å². The van der Waals surface area contributed by atoms with E-state index in [9.17, 15) is 24.3 Å². The van der Waals surface area contributed by atoms with Crippen molar-refractivity contribution in [2.75, 3.05) is 25.1 Å². The smallest absolute Gasteiger partial charge is 0.326 e. The molecule has 13 heteroatoms. The minimum atomic E-state index is -1.15. The van der Waals surface area contributed by atoms with E-state index in [-0.39, 0.29) is 18.4 Å². The van der Waals surface area contributed by atoms with Crippen molar-refractivity contribution in [1.29, 1.82) is 0 Å². The van der Waals surface area contributed by atoms with Crippen LogP contribution in [0, 0.1) is 5.92 Å². The molecule has 0 aromatic heterocycles. The molecule has 0 aliphatic carbocycles. The number of nitrogens with zero attached hydrogens (tertiary/aromatic N) is 1. The van der Waals surface area contributed by atoms with Crippen LogP contribution in [0.25, 0.3) is 0 Å². The summed E-state index contributed by atoms with van der Waals surface area (Å²) in [5.74, 6) is -2.64. The van der Waals surface area contributed by atoms with Gasteiger partial charge in [-0.15, -0.1) is 0 Å². The molecule has 10 N–H and O–H groups in total. The first-order valence-electron chi connectivity index (χ1n) is 9.89. The van der Waals surface area contributed by atoms with Gasteiger partial charge < -0.3 is 38.3 Å². The Morgan fingerprint density at radius 2 is 1.71 bits per heavy atom. The van der Waals surface area contributed by atoms with E-state index in [2.05, 4.69) is 20.9 Å². The Morgan fingerprint density at radius 3 is 2.23 bits per heavy atom. The molecule has 0 spiro atoms. The Hall–Kier alpha value is -2.54. The zero-order valence-electron chi connectivity index (χ0n) is 18.2. The average molecular weight is 462 g/mol. The zero-order chi connectivity index (χ0) is 24.0. The van der Waals surface area contributed by atoms with E-state index in [0.29, 0.717) is 31.6 Å². The molecule has 0 aromatic carbocycles. The lowest BCUT2D eigenvalue weighted by molar-refractivity contribution is -0.143. The molecule has 31 heavy (non-hydrogen) atoms. The fourth-order valence-electron chi connectivity index (χ4n) is 2.47. The molecule has 3 unspecified atom stereocenters. The molecule has 3 atom stereocenters. The number of carboxylic acid groups (broad SMARTS) is 1. The van der Waals surface area contributed by atoms with Gasteiger partial charge in [0.25, 0.3) is 0 Å². The Balaban J connectivity index is 4.69. The third kappa shape index (κ3) is 12.7. The summed E-state index contributed by atoms with van der Waals surface area (Å²) in [7, 11) is 0. The number of aliphatic carboxylic acids is 1. The summed E-state index contributed by atoms with van der Waals surface area (Å²) in [6, 6.07) is -2.83. The molecule has 0 aliphatic rings. The fourth-order valence-corrected chi connectivity index (χ4v) is 2.94. The zero-order valence-corrected chi connectivity index (χ0v) is 19.0. The maximum absolute atomic E-state index is 12.5. The lowest BCUT2D eigenvalue weighted by Crippen LogP contribution is -2.54. The van der Waals surface area contributed by atoms with Crippen LogP contribution in [0.4, 0.5) is 0 Å². The molecule has 0 rings (SSSR count). The van der Waals surface area contributed by atoms with Crippen molar-refractivity contribution in [2.45, 2.75) is 51.2 Å². The average Bonchev–Trinajstić information content (AvgIpc) is 2.69. The topological polar surface area (TPSA) is 215 Å². The first kappa shape index (κ1) is 28.5. The Morgan fingerprint density at radius 1 is 1.06 bits per heavy atom. The van der Waals surface area contributed by atoms with Crippen LogP contribution in [0.3, 0.4) is 0 Å².